The molecule has 0 bridgehead atoms. The van der Waals surface area contributed by atoms with E-state index in [1.165, 1.54) is 6.08 Å². The third-order valence-corrected chi connectivity index (χ3v) is 9.09. The van der Waals surface area contributed by atoms with E-state index in [2.05, 4.69) is 11.7 Å². The molecule has 168 valence electrons. The zero-order valence-electron chi connectivity index (χ0n) is 18.4. The van der Waals surface area contributed by atoms with E-state index in [0.717, 1.165) is 51.0 Å². The molecule has 0 aromatic carbocycles. The fourth-order valence-corrected chi connectivity index (χ4v) is 7.57. The zero-order chi connectivity index (χ0) is 22.7. The Morgan fingerprint density at radius 3 is 2.48 bits per heavy atom. The molecule has 0 aromatic heterocycles. The van der Waals surface area contributed by atoms with Gasteiger partial charge in [0.15, 0.2) is 0 Å². The van der Waals surface area contributed by atoms with Gasteiger partial charge in [-0.05, 0) is 67.8 Å². The van der Waals surface area contributed by atoms with E-state index < -0.39 is 35.0 Å². The maximum atomic E-state index is 13.0. The molecule has 7 nitrogen and oxygen atoms in total. The van der Waals surface area contributed by atoms with Crippen molar-refractivity contribution in [1.29, 1.82) is 0 Å². The van der Waals surface area contributed by atoms with Crippen LogP contribution in [0, 0.1) is 34.5 Å². The molecular weight excluding hydrogens is 398 g/mol. The van der Waals surface area contributed by atoms with E-state index in [-0.39, 0.29) is 29.5 Å². The molecule has 4 rings (SSSR count). The van der Waals surface area contributed by atoms with Crippen molar-refractivity contribution in [2.75, 3.05) is 0 Å². The van der Waals surface area contributed by atoms with Gasteiger partial charge in [0.05, 0.1) is 6.04 Å². The van der Waals surface area contributed by atoms with Crippen LogP contribution in [0.5, 0.6) is 0 Å². The van der Waals surface area contributed by atoms with Crippen LogP contribution < -0.4 is 5.73 Å². The maximum Gasteiger partial charge on any atom is 0.320 e. The first-order valence-corrected chi connectivity index (χ1v) is 11.3. The van der Waals surface area contributed by atoms with Crippen molar-refractivity contribution in [2.24, 2.45) is 40.2 Å². The summed E-state index contributed by atoms with van der Waals surface area (Å²) in [7, 11) is 0. The molecule has 0 spiro atoms. The summed E-state index contributed by atoms with van der Waals surface area (Å²) in [5.41, 5.74) is 6.64. The van der Waals surface area contributed by atoms with Gasteiger partial charge in [-0.3, -0.25) is 24.0 Å². The highest BCUT2D eigenvalue weighted by molar-refractivity contribution is 6.44. The molecule has 1 unspecified atom stereocenters. The Bertz CT molecular complexity index is 906. The number of hydrogen-bond acceptors (Lipinski definition) is 7. The van der Waals surface area contributed by atoms with Crippen LogP contribution in [0.4, 0.5) is 0 Å². The Labute approximate surface area is 182 Å². The summed E-state index contributed by atoms with van der Waals surface area (Å²) in [6, 6.07) is -0.808. The molecule has 2 N–H and O–H groups in total. The van der Waals surface area contributed by atoms with Crippen molar-refractivity contribution < 1.29 is 28.7 Å². The first-order valence-electron chi connectivity index (χ1n) is 11.3. The van der Waals surface area contributed by atoms with Gasteiger partial charge in [0.25, 0.3) is 0 Å². The van der Waals surface area contributed by atoms with Gasteiger partial charge in [-0.15, -0.1) is 0 Å². The highest BCUT2D eigenvalue weighted by Crippen LogP contribution is 2.66. The fraction of sp³-hybridized carbons (Fsp3) is 0.708. The second-order valence-corrected chi connectivity index (χ2v) is 10.4. The van der Waals surface area contributed by atoms with Crippen molar-refractivity contribution in [3.8, 4) is 0 Å². The summed E-state index contributed by atoms with van der Waals surface area (Å²) < 4.78 is 4.56. The summed E-state index contributed by atoms with van der Waals surface area (Å²) in [5, 5.41) is 0. The number of rotatable bonds is 3. The normalized spacial score (nSPS) is 41.5. The number of ketones is 3. The van der Waals surface area contributed by atoms with Crippen molar-refractivity contribution in [3.63, 3.8) is 0 Å². The van der Waals surface area contributed by atoms with Crippen LogP contribution in [-0.2, 0) is 28.7 Å². The Morgan fingerprint density at radius 2 is 1.81 bits per heavy atom. The molecule has 3 fully saturated rings. The van der Waals surface area contributed by atoms with E-state index in [9.17, 15) is 24.0 Å². The average Bonchev–Trinajstić information content (AvgIpc) is 3.04. The molecule has 0 aliphatic heterocycles. The fourth-order valence-electron chi connectivity index (χ4n) is 7.57. The lowest BCUT2D eigenvalue weighted by molar-refractivity contribution is -0.159. The van der Waals surface area contributed by atoms with Gasteiger partial charge < -0.3 is 10.5 Å². The van der Waals surface area contributed by atoms with E-state index in [0.29, 0.717) is 11.8 Å². The first-order chi connectivity index (χ1) is 14.5. The Hall–Kier alpha value is -2.15. The molecule has 31 heavy (non-hydrogen) atoms. The molecule has 4 aliphatic rings. The minimum atomic E-state index is -0.808. The van der Waals surface area contributed by atoms with Crippen LogP contribution in [-0.4, -0.2) is 35.3 Å². The third kappa shape index (κ3) is 3.23. The van der Waals surface area contributed by atoms with Gasteiger partial charge in [0, 0.05) is 18.3 Å². The molecule has 0 amide bonds. The molecule has 7 atom stereocenters. The second kappa shape index (κ2) is 7.47. The van der Waals surface area contributed by atoms with E-state index in [1.807, 2.05) is 6.92 Å². The first kappa shape index (κ1) is 22.1. The van der Waals surface area contributed by atoms with Crippen LogP contribution in [0.1, 0.15) is 65.7 Å². The lowest BCUT2D eigenvalue weighted by atomic mass is 9.45. The number of esters is 2. The van der Waals surface area contributed by atoms with Gasteiger partial charge in [-0.2, -0.15) is 0 Å². The number of ether oxygens (including phenoxy) is 1. The van der Waals surface area contributed by atoms with Crippen LogP contribution >= 0.6 is 0 Å². The SMILES string of the molecule is CC(=O)OC(=O)CC(=O)[C@H]1CC[C@H]2[C@@H]3CCC4=CC(=O)C(=O)C(N)[C@]4(C)[C@H]3CC[C@]12C. The summed E-state index contributed by atoms with van der Waals surface area (Å²) in [6.07, 6.45) is 6.10. The highest BCUT2D eigenvalue weighted by atomic mass is 16.6. The average molecular weight is 430 g/mol. The van der Waals surface area contributed by atoms with E-state index in [1.54, 1.807) is 0 Å². The topological polar surface area (TPSA) is 121 Å². The smallest absolute Gasteiger partial charge is 0.320 e. The predicted molar refractivity (Wildman–Crippen MR) is 110 cm³/mol. The zero-order valence-corrected chi connectivity index (χ0v) is 18.4. The lowest BCUT2D eigenvalue weighted by Gasteiger charge is -2.59. The van der Waals surface area contributed by atoms with Gasteiger partial charge in [0.2, 0.25) is 11.6 Å². The molecule has 0 radical (unpaired) electrons. The van der Waals surface area contributed by atoms with Crippen LogP contribution in [0.3, 0.4) is 0 Å². The van der Waals surface area contributed by atoms with Crippen molar-refractivity contribution in [2.45, 2.75) is 71.8 Å². The molecule has 7 heteroatoms. The number of carbonyl (C=O) groups excluding carboxylic acids is 5. The van der Waals surface area contributed by atoms with Crippen LogP contribution in [0.15, 0.2) is 11.6 Å². The predicted octanol–water partition coefficient (Wildman–Crippen LogP) is 2.30. The Kier molecular flexibility index (Phi) is 5.31. The molecule has 0 saturated heterocycles. The Balaban J connectivity index is 1.57. The minimum absolute atomic E-state index is 0.146. The number of nitrogens with two attached hydrogens (primary N) is 1. The summed E-state index contributed by atoms with van der Waals surface area (Å²) in [5.74, 6) is -2.00. The summed E-state index contributed by atoms with van der Waals surface area (Å²) >= 11 is 0. The quantitative estimate of drug-likeness (QED) is 0.415. The van der Waals surface area contributed by atoms with E-state index >= 15 is 0 Å². The third-order valence-electron chi connectivity index (χ3n) is 9.09. The van der Waals surface area contributed by atoms with E-state index in [4.69, 9.17) is 5.73 Å². The van der Waals surface area contributed by atoms with Gasteiger partial charge in [0.1, 0.15) is 12.2 Å². The Morgan fingerprint density at radius 1 is 1.10 bits per heavy atom. The van der Waals surface area contributed by atoms with Crippen molar-refractivity contribution in [3.05, 3.63) is 11.6 Å². The van der Waals surface area contributed by atoms with Crippen LogP contribution in [0.2, 0.25) is 0 Å². The van der Waals surface area contributed by atoms with Crippen molar-refractivity contribution >= 4 is 29.3 Å². The summed E-state index contributed by atoms with van der Waals surface area (Å²) in [4.78, 5) is 60.3. The number of carbonyl (C=O) groups is 5. The number of hydrogen-bond donors (Lipinski definition) is 1. The standard InChI is InChI=1S/C24H31NO6/c1-12(26)31-20(29)11-18(27)17-7-6-15-14-5-4-13-10-19(28)21(30)22(25)24(13,3)16(14)8-9-23(15,17)2/h10,14-17,22H,4-9,11,25H2,1-3H3/t14-,15-,16-,17+,22?,23-,24-/m0/s1. The molecule has 0 heterocycles. The monoisotopic (exact) mass is 429 g/mol. The van der Waals surface area contributed by atoms with Crippen LogP contribution in [0.25, 0.3) is 0 Å². The highest BCUT2D eigenvalue weighted by Gasteiger charge is 2.62. The number of fused-ring (bicyclic) bond motifs is 5. The molecule has 0 aromatic rings. The maximum absolute atomic E-state index is 13.0. The van der Waals surface area contributed by atoms with Gasteiger partial charge >= 0.3 is 11.9 Å². The van der Waals surface area contributed by atoms with Crippen molar-refractivity contribution in [1.82, 2.24) is 0 Å². The van der Waals surface area contributed by atoms with Gasteiger partial charge in [-0.25, -0.2) is 0 Å². The molecule has 4 aliphatic carbocycles. The second-order valence-electron chi connectivity index (χ2n) is 10.4. The minimum Gasteiger partial charge on any atom is -0.393 e. The lowest BCUT2D eigenvalue weighted by Crippen LogP contribution is -2.61. The number of Topliss-reactive ketones (excluding diaryl/α,β-unsaturated/α-hetero) is 2. The molecular formula is C24H31NO6. The molecule has 3 saturated carbocycles. The largest absolute Gasteiger partial charge is 0.393 e. The summed E-state index contributed by atoms with van der Waals surface area (Å²) in [6.45, 7) is 5.35. The van der Waals surface area contributed by atoms with Gasteiger partial charge in [-0.1, -0.05) is 19.4 Å².